The molecular formula is C14H18N2O2. The van der Waals surface area contributed by atoms with Gasteiger partial charge in [-0.25, -0.2) is 4.99 Å². The first-order valence-corrected chi connectivity index (χ1v) is 5.84. The van der Waals surface area contributed by atoms with Gasteiger partial charge in [0.25, 0.3) is 0 Å². The summed E-state index contributed by atoms with van der Waals surface area (Å²) in [5, 5.41) is 0. The van der Waals surface area contributed by atoms with Crippen molar-refractivity contribution in [2.75, 3.05) is 13.7 Å². The van der Waals surface area contributed by atoms with E-state index in [1.54, 1.807) is 13.2 Å². The van der Waals surface area contributed by atoms with Crippen molar-refractivity contribution < 1.29 is 9.47 Å². The summed E-state index contributed by atoms with van der Waals surface area (Å²) in [6, 6.07) is 7.56. The number of nitrogens with two attached hydrogens (primary N) is 1. The largest absolute Gasteiger partial charge is 0.497 e. The third-order valence-corrected chi connectivity index (χ3v) is 2.69. The Hall–Kier alpha value is -1.97. The quantitative estimate of drug-likeness (QED) is 0.889. The molecular weight excluding hydrogens is 228 g/mol. The molecule has 0 bridgehead atoms. The van der Waals surface area contributed by atoms with E-state index in [1.807, 2.05) is 38.1 Å². The molecule has 1 aromatic carbocycles. The van der Waals surface area contributed by atoms with Crippen LogP contribution in [0.4, 0.5) is 0 Å². The van der Waals surface area contributed by atoms with Gasteiger partial charge >= 0.3 is 0 Å². The number of aliphatic imine (C=N–C) groups is 1. The van der Waals surface area contributed by atoms with Crippen LogP contribution in [0.2, 0.25) is 0 Å². The molecule has 0 aromatic heterocycles. The van der Waals surface area contributed by atoms with Gasteiger partial charge in [-0.15, -0.1) is 0 Å². The van der Waals surface area contributed by atoms with Gasteiger partial charge in [0.15, 0.2) is 0 Å². The van der Waals surface area contributed by atoms with Gasteiger partial charge in [0, 0.05) is 11.8 Å². The fraction of sp³-hybridized carbons (Fsp3) is 0.357. The Labute approximate surface area is 107 Å². The molecule has 1 aromatic rings. The Morgan fingerprint density at radius 1 is 1.39 bits per heavy atom. The molecule has 2 N–H and O–H groups in total. The van der Waals surface area contributed by atoms with Gasteiger partial charge in [-0.1, -0.05) is 0 Å². The van der Waals surface area contributed by atoms with E-state index < -0.39 is 0 Å². The number of rotatable bonds is 3. The summed E-state index contributed by atoms with van der Waals surface area (Å²) in [5.41, 5.74) is 7.41. The minimum absolute atomic E-state index is 0.161. The highest BCUT2D eigenvalue weighted by atomic mass is 16.5. The van der Waals surface area contributed by atoms with Crippen LogP contribution in [0.5, 0.6) is 5.75 Å². The number of hydrogen-bond acceptors (Lipinski definition) is 4. The van der Waals surface area contributed by atoms with Gasteiger partial charge in [0.05, 0.1) is 12.6 Å². The van der Waals surface area contributed by atoms with Gasteiger partial charge < -0.3 is 15.2 Å². The third-order valence-electron chi connectivity index (χ3n) is 2.69. The second-order valence-electron chi connectivity index (χ2n) is 4.88. The Bertz CT molecular complexity index is 487. The number of methoxy groups -OCH3 is 1. The highest BCUT2D eigenvalue weighted by Crippen LogP contribution is 2.20. The molecule has 0 atom stereocenters. The average Bonchev–Trinajstić information content (AvgIpc) is 2.68. The normalized spacial score (nSPS) is 18.2. The lowest BCUT2D eigenvalue weighted by Gasteiger charge is -2.07. The zero-order valence-electron chi connectivity index (χ0n) is 10.9. The summed E-state index contributed by atoms with van der Waals surface area (Å²) >= 11 is 0. The number of hydrogen-bond donors (Lipinski definition) is 1. The van der Waals surface area contributed by atoms with Gasteiger partial charge in [-0.2, -0.15) is 0 Å². The van der Waals surface area contributed by atoms with Crippen LogP contribution < -0.4 is 10.5 Å². The maximum absolute atomic E-state index is 6.01. The fourth-order valence-electron chi connectivity index (χ4n) is 1.69. The van der Waals surface area contributed by atoms with E-state index in [4.69, 9.17) is 15.2 Å². The maximum atomic E-state index is 6.01. The molecule has 0 fully saturated rings. The van der Waals surface area contributed by atoms with Crippen molar-refractivity contribution in [1.29, 1.82) is 0 Å². The molecule has 18 heavy (non-hydrogen) atoms. The first kappa shape index (κ1) is 12.5. The van der Waals surface area contributed by atoms with Gasteiger partial charge in [0.2, 0.25) is 5.90 Å². The van der Waals surface area contributed by atoms with Crippen molar-refractivity contribution >= 4 is 11.6 Å². The summed E-state index contributed by atoms with van der Waals surface area (Å²) in [7, 11) is 1.64. The Kier molecular flexibility index (Phi) is 3.28. The van der Waals surface area contributed by atoms with Crippen LogP contribution in [-0.4, -0.2) is 25.2 Å². The molecule has 0 amide bonds. The van der Waals surface area contributed by atoms with E-state index in [9.17, 15) is 0 Å². The molecule has 0 spiro atoms. The van der Waals surface area contributed by atoms with Crippen molar-refractivity contribution in [2.45, 2.75) is 19.4 Å². The first-order valence-electron chi connectivity index (χ1n) is 5.84. The highest BCUT2D eigenvalue weighted by molar-refractivity contribution is 5.95. The van der Waals surface area contributed by atoms with Crippen LogP contribution in [0.1, 0.15) is 19.4 Å². The van der Waals surface area contributed by atoms with Gasteiger partial charge in [-0.3, -0.25) is 0 Å². The zero-order chi connectivity index (χ0) is 13.2. The molecule has 0 unspecified atom stereocenters. The van der Waals surface area contributed by atoms with E-state index in [1.165, 1.54) is 0 Å². The molecule has 0 saturated carbocycles. The number of ether oxygens (including phenoxy) is 2. The van der Waals surface area contributed by atoms with Crippen LogP contribution in [0.15, 0.2) is 35.3 Å². The number of benzene rings is 1. The summed E-state index contributed by atoms with van der Waals surface area (Å²) < 4.78 is 10.6. The standard InChI is InChI=1S/C14H18N2O2/c1-14(2)9-18-13(16-14)8-12(15)10-4-6-11(17-3)7-5-10/h4-8H,9,15H2,1-3H3/b12-8+. The lowest BCUT2D eigenvalue weighted by atomic mass is 10.1. The molecule has 1 aliphatic rings. The molecule has 2 rings (SSSR count). The van der Waals surface area contributed by atoms with E-state index in [0.29, 0.717) is 18.2 Å². The van der Waals surface area contributed by atoms with Crippen LogP contribution >= 0.6 is 0 Å². The summed E-state index contributed by atoms with van der Waals surface area (Å²) in [5.74, 6) is 1.40. The monoisotopic (exact) mass is 246 g/mol. The highest BCUT2D eigenvalue weighted by Gasteiger charge is 2.25. The number of nitrogens with zero attached hydrogens (tertiary/aromatic N) is 1. The van der Waals surface area contributed by atoms with E-state index in [0.717, 1.165) is 11.3 Å². The third kappa shape index (κ3) is 2.83. The van der Waals surface area contributed by atoms with Crippen LogP contribution in [0.25, 0.3) is 5.70 Å². The SMILES string of the molecule is COc1ccc(/C(N)=C\C2=NC(C)(C)CO2)cc1. The van der Waals surface area contributed by atoms with Crippen molar-refractivity contribution in [2.24, 2.45) is 10.7 Å². The predicted molar refractivity (Wildman–Crippen MR) is 72.6 cm³/mol. The van der Waals surface area contributed by atoms with Gasteiger partial charge in [-0.05, 0) is 43.7 Å². The van der Waals surface area contributed by atoms with E-state index >= 15 is 0 Å². The van der Waals surface area contributed by atoms with Crippen molar-refractivity contribution in [3.63, 3.8) is 0 Å². The Morgan fingerprint density at radius 2 is 2.06 bits per heavy atom. The second-order valence-corrected chi connectivity index (χ2v) is 4.88. The molecule has 1 aliphatic heterocycles. The second kappa shape index (κ2) is 4.72. The topological polar surface area (TPSA) is 56.8 Å². The van der Waals surface area contributed by atoms with Gasteiger partial charge in [0.1, 0.15) is 12.4 Å². The lowest BCUT2D eigenvalue weighted by molar-refractivity contribution is 0.280. The fourth-order valence-corrected chi connectivity index (χ4v) is 1.69. The predicted octanol–water partition coefficient (Wildman–Crippen LogP) is 2.20. The minimum Gasteiger partial charge on any atom is -0.497 e. The Morgan fingerprint density at radius 3 is 2.56 bits per heavy atom. The van der Waals surface area contributed by atoms with Crippen LogP contribution in [0, 0.1) is 0 Å². The zero-order valence-corrected chi connectivity index (χ0v) is 10.9. The molecule has 4 heteroatoms. The lowest BCUT2D eigenvalue weighted by Crippen LogP contribution is -2.17. The summed E-state index contributed by atoms with van der Waals surface area (Å²) in [6.07, 6.45) is 1.76. The van der Waals surface area contributed by atoms with E-state index in [2.05, 4.69) is 4.99 Å². The summed E-state index contributed by atoms with van der Waals surface area (Å²) in [4.78, 5) is 4.43. The molecule has 1 heterocycles. The minimum atomic E-state index is -0.161. The molecule has 4 nitrogen and oxygen atoms in total. The molecule has 0 aliphatic carbocycles. The maximum Gasteiger partial charge on any atom is 0.211 e. The molecule has 0 radical (unpaired) electrons. The Balaban J connectivity index is 2.18. The first-order chi connectivity index (χ1) is 8.50. The van der Waals surface area contributed by atoms with Crippen molar-refractivity contribution in [3.8, 4) is 5.75 Å². The van der Waals surface area contributed by atoms with E-state index in [-0.39, 0.29) is 5.54 Å². The molecule has 96 valence electrons. The van der Waals surface area contributed by atoms with Crippen LogP contribution in [-0.2, 0) is 4.74 Å². The van der Waals surface area contributed by atoms with Crippen molar-refractivity contribution in [1.82, 2.24) is 0 Å². The van der Waals surface area contributed by atoms with Crippen molar-refractivity contribution in [3.05, 3.63) is 35.9 Å². The average molecular weight is 246 g/mol. The van der Waals surface area contributed by atoms with Crippen LogP contribution in [0.3, 0.4) is 0 Å². The smallest absolute Gasteiger partial charge is 0.211 e. The summed E-state index contributed by atoms with van der Waals surface area (Å²) in [6.45, 7) is 4.64. The molecule has 0 saturated heterocycles.